The predicted octanol–water partition coefficient (Wildman–Crippen LogP) is 2.73. The number of hydrogen-bond acceptors (Lipinski definition) is 6. The second-order valence-corrected chi connectivity index (χ2v) is 9.21. The number of aromatic nitrogens is 4. The van der Waals surface area contributed by atoms with Crippen LogP contribution in [0.1, 0.15) is 18.9 Å². The van der Waals surface area contributed by atoms with Gasteiger partial charge in [0.2, 0.25) is 0 Å². The molecule has 2 heterocycles. The molecule has 2 aromatic heterocycles. The topological polar surface area (TPSA) is 97.7 Å². The fourth-order valence-corrected chi connectivity index (χ4v) is 3.99. The molecular formula is C16H17ClN4O3S2. The van der Waals surface area contributed by atoms with Crippen molar-refractivity contribution in [2.45, 2.75) is 29.9 Å². The zero-order valence-electron chi connectivity index (χ0n) is 14.2. The van der Waals surface area contributed by atoms with E-state index in [0.717, 1.165) is 24.0 Å². The summed E-state index contributed by atoms with van der Waals surface area (Å²) in [6, 6.07) is 6.40. The molecule has 7 nitrogen and oxygen atoms in total. The normalized spacial score (nSPS) is 12.0. The molecule has 3 aromatic rings. The number of imidazole rings is 1. The standard InChI is InChI=1S/C16H17ClN4O3S2/c1-3-8-25-15-19-13(17)12-14(20-15)21(16(22)18-12)9-10-4-6-11(7-5-10)26(2,23)24/h4-7H,3,8-9H2,1-2H3,(H,18,22). The van der Waals surface area contributed by atoms with Crippen molar-refractivity contribution in [2.75, 3.05) is 12.0 Å². The van der Waals surface area contributed by atoms with Crippen molar-refractivity contribution >= 4 is 44.4 Å². The Morgan fingerprint density at radius 1 is 1.23 bits per heavy atom. The third-order valence-electron chi connectivity index (χ3n) is 3.69. The van der Waals surface area contributed by atoms with Crippen LogP contribution < -0.4 is 5.69 Å². The minimum Gasteiger partial charge on any atom is -0.302 e. The fraction of sp³-hybridized carbons (Fsp3) is 0.312. The number of hydrogen-bond donors (Lipinski definition) is 1. The monoisotopic (exact) mass is 412 g/mol. The molecular weight excluding hydrogens is 396 g/mol. The van der Waals surface area contributed by atoms with Crippen LogP contribution in [0.2, 0.25) is 5.15 Å². The van der Waals surface area contributed by atoms with E-state index in [2.05, 4.69) is 21.9 Å². The lowest BCUT2D eigenvalue weighted by Gasteiger charge is -2.06. The molecule has 0 atom stereocenters. The van der Waals surface area contributed by atoms with E-state index in [4.69, 9.17) is 11.6 Å². The van der Waals surface area contributed by atoms with Gasteiger partial charge in [-0.3, -0.25) is 4.57 Å². The van der Waals surface area contributed by atoms with Crippen molar-refractivity contribution in [3.8, 4) is 0 Å². The van der Waals surface area contributed by atoms with Crippen molar-refractivity contribution < 1.29 is 8.42 Å². The molecule has 0 bridgehead atoms. The van der Waals surface area contributed by atoms with Gasteiger partial charge < -0.3 is 4.98 Å². The minimum absolute atomic E-state index is 0.205. The maximum absolute atomic E-state index is 12.3. The van der Waals surface area contributed by atoms with Crippen molar-refractivity contribution in [3.05, 3.63) is 45.5 Å². The largest absolute Gasteiger partial charge is 0.328 e. The van der Waals surface area contributed by atoms with Crippen molar-refractivity contribution in [1.82, 2.24) is 19.5 Å². The Bertz CT molecular complexity index is 1100. The predicted molar refractivity (Wildman–Crippen MR) is 103 cm³/mol. The summed E-state index contributed by atoms with van der Waals surface area (Å²) in [5.74, 6) is 0.851. The Balaban J connectivity index is 2.00. The first-order valence-electron chi connectivity index (χ1n) is 7.87. The second kappa shape index (κ2) is 7.42. The Hall–Kier alpha value is -1.84. The van der Waals surface area contributed by atoms with Gasteiger partial charge in [-0.2, -0.15) is 0 Å². The van der Waals surface area contributed by atoms with E-state index >= 15 is 0 Å². The lowest BCUT2D eigenvalue weighted by atomic mass is 10.2. The summed E-state index contributed by atoms with van der Waals surface area (Å²) >= 11 is 7.66. The first kappa shape index (κ1) is 18.9. The van der Waals surface area contributed by atoms with Gasteiger partial charge in [0.1, 0.15) is 5.52 Å². The highest BCUT2D eigenvalue weighted by molar-refractivity contribution is 7.99. The van der Waals surface area contributed by atoms with Gasteiger partial charge in [-0.1, -0.05) is 42.4 Å². The van der Waals surface area contributed by atoms with Crippen LogP contribution in [0, 0.1) is 0 Å². The first-order valence-corrected chi connectivity index (χ1v) is 11.1. The van der Waals surface area contributed by atoms with Gasteiger partial charge in [0, 0.05) is 12.0 Å². The quantitative estimate of drug-likeness (QED) is 0.379. The average Bonchev–Trinajstić information content (AvgIpc) is 2.89. The molecule has 0 aliphatic rings. The molecule has 3 rings (SSSR count). The molecule has 1 N–H and O–H groups in total. The molecule has 1 aromatic carbocycles. The van der Waals surface area contributed by atoms with E-state index in [9.17, 15) is 13.2 Å². The van der Waals surface area contributed by atoms with Crippen LogP contribution in [0.4, 0.5) is 0 Å². The Kier molecular flexibility index (Phi) is 5.40. The second-order valence-electron chi connectivity index (χ2n) is 5.78. The van der Waals surface area contributed by atoms with Gasteiger partial charge in [0.15, 0.2) is 25.8 Å². The van der Waals surface area contributed by atoms with E-state index in [1.54, 1.807) is 12.1 Å². The van der Waals surface area contributed by atoms with Crippen LogP contribution in [-0.4, -0.2) is 39.9 Å². The molecule has 0 saturated carbocycles. The number of sulfone groups is 1. The van der Waals surface area contributed by atoms with Crippen LogP contribution in [0.25, 0.3) is 11.2 Å². The molecule has 0 fully saturated rings. The summed E-state index contributed by atoms with van der Waals surface area (Å²) in [5.41, 5.74) is 1.25. The maximum atomic E-state index is 12.3. The number of fused-ring (bicyclic) bond motifs is 1. The summed E-state index contributed by atoms with van der Waals surface area (Å²) in [6.07, 6.45) is 2.12. The lowest BCUT2D eigenvalue weighted by Crippen LogP contribution is -2.17. The fourth-order valence-electron chi connectivity index (χ4n) is 2.41. The van der Waals surface area contributed by atoms with Gasteiger partial charge >= 0.3 is 5.69 Å². The highest BCUT2D eigenvalue weighted by Crippen LogP contribution is 2.23. The number of halogens is 1. The van der Waals surface area contributed by atoms with E-state index in [1.807, 2.05) is 0 Å². The summed E-state index contributed by atoms with van der Waals surface area (Å²) in [5, 5.41) is 0.724. The minimum atomic E-state index is -3.26. The molecule has 26 heavy (non-hydrogen) atoms. The van der Waals surface area contributed by atoms with Gasteiger partial charge in [-0.05, 0) is 24.1 Å². The van der Waals surface area contributed by atoms with Gasteiger partial charge in [0.25, 0.3) is 0 Å². The number of benzene rings is 1. The van der Waals surface area contributed by atoms with Gasteiger partial charge in [-0.15, -0.1) is 0 Å². The van der Waals surface area contributed by atoms with Gasteiger partial charge in [-0.25, -0.2) is 23.2 Å². The van der Waals surface area contributed by atoms with Crippen LogP contribution in [0.15, 0.2) is 39.1 Å². The van der Waals surface area contributed by atoms with Gasteiger partial charge in [0.05, 0.1) is 11.4 Å². The SMILES string of the molecule is CCCSc1nc(Cl)c2[nH]c(=O)n(Cc3ccc(S(C)(=O)=O)cc3)c2n1. The molecule has 0 aliphatic heterocycles. The van der Waals surface area contributed by atoms with E-state index < -0.39 is 9.84 Å². The molecule has 0 spiro atoms. The van der Waals surface area contributed by atoms with E-state index in [-0.39, 0.29) is 22.3 Å². The molecule has 0 amide bonds. The highest BCUT2D eigenvalue weighted by Gasteiger charge is 2.15. The summed E-state index contributed by atoms with van der Waals surface area (Å²) in [7, 11) is -3.26. The number of H-pyrrole nitrogens is 1. The third-order valence-corrected chi connectivity index (χ3v) is 6.14. The van der Waals surface area contributed by atoms with Crippen LogP contribution in [0.5, 0.6) is 0 Å². The summed E-state index contributed by atoms with van der Waals surface area (Å²) < 4.78 is 24.6. The smallest absolute Gasteiger partial charge is 0.302 e. The number of nitrogens with zero attached hydrogens (tertiary/aromatic N) is 3. The number of aromatic amines is 1. The molecule has 0 saturated heterocycles. The molecule has 10 heteroatoms. The highest BCUT2D eigenvalue weighted by atomic mass is 35.5. The molecule has 0 unspecified atom stereocenters. The Morgan fingerprint density at radius 2 is 1.92 bits per heavy atom. The first-order chi connectivity index (χ1) is 12.3. The van der Waals surface area contributed by atoms with Crippen molar-refractivity contribution in [2.24, 2.45) is 0 Å². The Labute approximate surface area is 159 Å². The van der Waals surface area contributed by atoms with Crippen molar-refractivity contribution in [1.29, 1.82) is 0 Å². The average molecular weight is 413 g/mol. The third kappa shape index (κ3) is 3.94. The number of rotatable bonds is 6. The number of thioether (sulfide) groups is 1. The van der Waals surface area contributed by atoms with E-state index in [0.29, 0.717) is 16.3 Å². The Morgan fingerprint density at radius 3 is 2.54 bits per heavy atom. The summed E-state index contributed by atoms with van der Waals surface area (Å²) in [4.78, 5) is 23.9. The number of nitrogens with one attached hydrogen (secondary N) is 1. The zero-order valence-corrected chi connectivity index (χ0v) is 16.6. The van der Waals surface area contributed by atoms with Crippen LogP contribution in [-0.2, 0) is 16.4 Å². The van der Waals surface area contributed by atoms with E-state index in [1.165, 1.54) is 28.5 Å². The lowest BCUT2D eigenvalue weighted by molar-refractivity contribution is 0.602. The van der Waals surface area contributed by atoms with Crippen LogP contribution >= 0.6 is 23.4 Å². The zero-order chi connectivity index (χ0) is 18.9. The van der Waals surface area contributed by atoms with Crippen molar-refractivity contribution in [3.63, 3.8) is 0 Å². The maximum Gasteiger partial charge on any atom is 0.328 e. The molecule has 0 radical (unpaired) electrons. The molecule has 0 aliphatic carbocycles. The van der Waals surface area contributed by atoms with Crippen LogP contribution in [0.3, 0.4) is 0 Å². The molecule has 138 valence electrons. The summed E-state index contributed by atoms with van der Waals surface area (Å²) in [6.45, 7) is 2.30.